The maximum absolute atomic E-state index is 12.0. The first-order valence-corrected chi connectivity index (χ1v) is 9.63. The molecular weight excluding hydrogens is 328 g/mol. The van der Waals surface area contributed by atoms with Crippen LogP contribution in [-0.4, -0.2) is 60.9 Å². The molecule has 6 heteroatoms. The molecule has 0 aliphatic carbocycles. The predicted molar refractivity (Wildman–Crippen MR) is 105 cm³/mol. The van der Waals surface area contributed by atoms with E-state index in [1.54, 1.807) is 0 Å². The Morgan fingerprint density at radius 2 is 1.65 bits per heavy atom. The van der Waals surface area contributed by atoms with Gasteiger partial charge in [0.2, 0.25) is 11.8 Å². The van der Waals surface area contributed by atoms with E-state index in [1.807, 2.05) is 26.0 Å². The molecule has 1 unspecified atom stereocenters. The van der Waals surface area contributed by atoms with Crippen LogP contribution in [-0.2, 0) is 16.1 Å². The van der Waals surface area contributed by atoms with Gasteiger partial charge >= 0.3 is 0 Å². The summed E-state index contributed by atoms with van der Waals surface area (Å²) in [5.41, 5.74) is 2.00. The molecule has 0 saturated carbocycles. The SMILES string of the molecule is CCC(C)C(=O)NCC(=O)Nc1ccc(CN2CCN(CC)CC2)cc1. The zero-order chi connectivity index (χ0) is 18.9. The lowest BCUT2D eigenvalue weighted by atomic mass is 10.1. The summed E-state index contributed by atoms with van der Waals surface area (Å²) in [5.74, 6) is -0.354. The van der Waals surface area contributed by atoms with Crippen molar-refractivity contribution in [3.05, 3.63) is 29.8 Å². The van der Waals surface area contributed by atoms with Crippen molar-refractivity contribution in [2.24, 2.45) is 5.92 Å². The highest BCUT2D eigenvalue weighted by atomic mass is 16.2. The Kier molecular flexibility index (Phi) is 8.06. The maximum atomic E-state index is 12.0. The molecule has 0 radical (unpaired) electrons. The highest BCUT2D eigenvalue weighted by molar-refractivity contribution is 5.94. The standard InChI is InChI=1S/C20H32N4O2/c1-4-16(3)20(26)21-14-19(25)22-18-8-6-17(7-9-18)15-24-12-10-23(5-2)11-13-24/h6-9,16H,4-5,10-15H2,1-3H3,(H,21,26)(H,22,25). The van der Waals surface area contributed by atoms with E-state index < -0.39 is 0 Å². The molecule has 6 nitrogen and oxygen atoms in total. The smallest absolute Gasteiger partial charge is 0.243 e. The number of carbonyl (C=O) groups is 2. The molecule has 0 spiro atoms. The number of nitrogens with one attached hydrogen (secondary N) is 2. The van der Waals surface area contributed by atoms with Crippen LogP contribution in [0.1, 0.15) is 32.8 Å². The van der Waals surface area contributed by atoms with Crippen LogP contribution in [0.2, 0.25) is 0 Å². The third kappa shape index (κ3) is 6.42. The van der Waals surface area contributed by atoms with E-state index in [2.05, 4.69) is 39.5 Å². The Hall–Kier alpha value is -1.92. The number of rotatable bonds is 8. The molecule has 1 aromatic rings. The Bertz CT molecular complexity index is 580. The van der Waals surface area contributed by atoms with Gasteiger partial charge in [-0.3, -0.25) is 14.5 Å². The summed E-state index contributed by atoms with van der Waals surface area (Å²) in [6.45, 7) is 12.6. The van der Waals surface area contributed by atoms with Gasteiger partial charge in [-0.15, -0.1) is 0 Å². The molecule has 1 atom stereocenters. The fourth-order valence-corrected chi connectivity index (χ4v) is 2.95. The zero-order valence-electron chi connectivity index (χ0n) is 16.3. The molecule has 1 aliphatic heterocycles. The first-order valence-electron chi connectivity index (χ1n) is 9.63. The van der Waals surface area contributed by atoms with Crippen LogP contribution in [0.15, 0.2) is 24.3 Å². The molecule has 1 aliphatic rings. The molecule has 26 heavy (non-hydrogen) atoms. The second kappa shape index (κ2) is 10.3. The van der Waals surface area contributed by atoms with E-state index in [4.69, 9.17) is 0 Å². The van der Waals surface area contributed by atoms with E-state index in [1.165, 1.54) is 5.56 Å². The quantitative estimate of drug-likeness (QED) is 0.743. The molecule has 144 valence electrons. The highest BCUT2D eigenvalue weighted by Crippen LogP contribution is 2.13. The second-order valence-electron chi connectivity index (χ2n) is 6.98. The minimum absolute atomic E-state index is 0.00658. The van der Waals surface area contributed by atoms with Crippen LogP contribution in [0.4, 0.5) is 5.69 Å². The second-order valence-corrected chi connectivity index (χ2v) is 6.98. The number of nitrogens with zero attached hydrogens (tertiary/aromatic N) is 2. The van der Waals surface area contributed by atoms with Crippen molar-refractivity contribution < 1.29 is 9.59 Å². The molecule has 1 heterocycles. The number of hydrogen-bond acceptors (Lipinski definition) is 4. The van der Waals surface area contributed by atoms with Gasteiger partial charge in [0.05, 0.1) is 6.54 Å². The van der Waals surface area contributed by atoms with E-state index in [0.29, 0.717) is 0 Å². The van der Waals surface area contributed by atoms with Crippen molar-refractivity contribution in [3.8, 4) is 0 Å². The summed E-state index contributed by atoms with van der Waals surface area (Å²) < 4.78 is 0. The number of benzene rings is 1. The third-order valence-electron chi connectivity index (χ3n) is 5.04. The van der Waals surface area contributed by atoms with Crippen molar-refractivity contribution in [2.45, 2.75) is 33.7 Å². The number of anilines is 1. The number of likely N-dealkylation sites (N-methyl/N-ethyl adjacent to an activating group) is 1. The summed E-state index contributed by atoms with van der Waals surface area (Å²) in [5, 5.41) is 5.49. The number of amides is 2. The van der Waals surface area contributed by atoms with Crippen molar-refractivity contribution in [1.82, 2.24) is 15.1 Å². The van der Waals surface area contributed by atoms with E-state index >= 15 is 0 Å². The lowest BCUT2D eigenvalue weighted by molar-refractivity contribution is -0.126. The molecule has 1 saturated heterocycles. The lowest BCUT2D eigenvalue weighted by Gasteiger charge is -2.34. The summed E-state index contributed by atoms with van der Waals surface area (Å²) >= 11 is 0. The number of carbonyl (C=O) groups excluding carboxylic acids is 2. The van der Waals surface area contributed by atoms with Crippen molar-refractivity contribution in [1.29, 1.82) is 0 Å². The summed E-state index contributed by atoms with van der Waals surface area (Å²) in [7, 11) is 0. The van der Waals surface area contributed by atoms with Crippen LogP contribution in [0.25, 0.3) is 0 Å². The molecule has 1 aromatic carbocycles. The largest absolute Gasteiger partial charge is 0.347 e. The van der Waals surface area contributed by atoms with Gasteiger partial charge in [0, 0.05) is 44.3 Å². The van der Waals surface area contributed by atoms with Crippen molar-refractivity contribution >= 4 is 17.5 Å². The Balaban J connectivity index is 1.75. The van der Waals surface area contributed by atoms with Crippen LogP contribution < -0.4 is 10.6 Å². The predicted octanol–water partition coefficient (Wildman–Crippen LogP) is 1.92. The Labute approximate surface area is 156 Å². The zero-order valence-corrected chi connectivity index (χ0v) is 16.3. The maximum Gasteiger partial charge on any atom is 0.243 e. The fraction of sp³-hybridized carbons (Fsp3) is 0.600. The van der Waals surface area contributed by atoms with Gasteiger partial charge < -0.3 is 15.5 Å². The van der Waals surface area contributed by atoms with Gasteiger partial charge in [0.25, 0.3) is 0 Å². The molecule has 0 aromatic heterocycles. The molecule has 1 fully saturated rings. The Morgan fingerprint density at radius 3 is 2.23 bits per heavy atom. The van der Waals surface area contributed by atoms with Gasteiger partial charge in [-0.25, -0.2) is 0 Å². The average molecular weight is 361 g/mol. The monoisotopic (exact) mass is 360 g/mol. The van der Waals surface area contributed by atoms with Gasteiger partial charge in [-0.1, -0.05) is 32.9 Å². The molecule has 2 rings (SSSR count). The van der Waals surface area contributed by atoms with Crippen LogP contribution >= 0.6 is 0 Å². The van der Waals surface area contributed by atoms with Gasteiger partial charge in [0.1, 0.15) is 0 Å². The third-order valence-corrected chi connectivity index (χ3v) is 5.04. The average Bonchev–Trinajstić information content (AvgIpc) is 2.67. The van der Waals surface area contributed by atoms with Crippen LogP contribution in [0, 0.1) is 5.92 Å². The Morgan fingerprint density at radius 1 is 1.04 bits per heavy atom. The van der Waals surface area contributed by atoms with E-state index in [-0.39, 0.29) is 24.3 Å². The highest BCUT2D eigenvalue weighted by Gasteiger charge is 2.15. The van der Waals surface area contributed by atoms with Gasteiger partial charge in [-0.2, -0.15) is 0 Å². The van der Waals surface area contributed by atoms with Gasteiger partial charge in [-0.05, 0) is 30.7 Å². The van der Waals surface area contributed by atoms with E-state index in [0.717, 1.165) is 51.4 Å². The minimum atomic E-state index is -0.204. The molecule has 2 amide bonds. The van der Waals surface area contributed by atoms with Crippen LogP contribution in [0.5, 0.6) is 0 Å². The first-order chi connectivity index (χ1) is 12.5. The normalized spacial score (nSPS) is 16.9. The van der Waals surface area contributed by atoms with Crippen molar-refractivity contribution in [2.75, 3.05) is 44.6 Å². The molecule has 0 bridgehead atoms. The molecular formula is C20H32N4O2. The summed E-state index contributed by atoms with van der Waals surface area (Å²) in [4.78, 5) is 28.6. The van der Waals surface area contributed by atoms with E-state index in [9.17, 15) is 9.59 Å². The summed E-state index contributed by atoms with van der Waals surface area (Å²) in [6, 6.07) is 7.96. The summed E-state index contributed by atoms with van der Waals surface area (Å²) in [6.07, 6.45) is 0.766. The first kappa shape index (κ1) is 20.4. The minimum Gasteiger partial charge on any atom is -0.347 e. The fourth-order valence-electron chi connectivity index (χ4n) is 2.95. The lowest BCUT2D eigenvalue weighted by Crippen LogP contribution is -2.45. The number of hydrogen-bond donors (Lipinski definition) is 2. The number of piperazine rings is 1. The molecule has 2 N–H and O–H groups in total. The van der Waals surface area contributed by atoms with Gasteiger partial charge in [0.15, 0.2) is 0 Å². The van der Waals surface area contributed by atoms with Crippen LogP contribution in [0.3, 0.4) is 0 Å². The van der Waals surface area contributed by atoms with Crippen molar-refractivity contribution in [3.63, 3.8) is 0 Å². The topological polar surface area (TPSA) is 64.7 Å².